The third-order valence-corrected chi connectivity index (χ3v) is 4.82. The highest BCUT2D eigenvalue weighted by molar-refractivity contribution is 9.10. The van der Waals surface area contributed by atoms with Crippen molar-refractivity contribution in [3.05, 3.63) is 28.2 Å². The molecule has 0 spiro atoms. The second-order valence-corrected chi connectivity index (χ2v) is 9.44. The maximum Gasteiger partial charge on any atom is 0.408 e. The molecule has 0 aliphatic carbocycles. The summed E-state index contributed by atoms with van der Waals surface area (Å²) in [6.45, 7) is 13.4. The van der Waals surface area contributed by atoms with Crippen LogP contribution in [0.4, 0.5) is 9.18 Å². The maximum absolute atomic E-state index is 14.4. The summed E-state index contributed by atoms with van der Waals surface area (Å²) in [6.07, 6.45) is -0.607. The topological polar surface area (TPSA) is 58.4 Å². The summed E-state index contributed by atoms with van der Waals surface area (Å²) in [5, 5.41) is 9.75. The van der Waals surface area contributed by atoms with Crippen LogP contribution >= 0.6 is 15.9 Å². The van der Waals surface area contributed by atoms with Crippen molar-refractivity contribution in [1.82, 2.24) is 14.5 Å². The molecule has 26 heavy (non-hydrogen) atoms. The van der Waals surface area contributed by atoms with Gasteiger partial charge in [0.25, 0.3) is 0 Å². The molecule has 2 rings (SSSR count). The Labute approximate surface area is 162 Å². The molecule has 2 aromatic rings. The van der Waals surface area contributed by atoms with E-state index >= 15 is 0 Å². The fraction of sp³-hybridized carbons (Fsp3) is 0.579. The number of fused-ring (bicyclic) bond motifs is 1. The minimum atomic E-state index is -0.983. The highest BCUT2D eigenvalue weighted by Crippen LogP contribution is 2.32. The van der Waals surface area contributed by atoms with Gasteiger partial charge in [0.05, 0.1) is 5.52 Å². The number of aromatic nitrogens is 2. The van der Waals surface area contributed by atoms with E-state index in [0.29, 0.717) is 27.8 Å². The Morgan fingerprint density at radius 2 is 1.88 bits per heavy atom. The second-order valence-electron chi connectivity index (χ2n) is 8.53. The Kier molecular flexibility index (Phi) is 5.43. The van der Waals surface area contributed by atoms with Crippen LogP contribution in [0.25, 0.3) is 11.0 Å². The van der Waals surface area contributed by atoms with Crippen LogP contribution in [0.15, 0.2) is 16.6 Å². The van der Waals surface area contributed by atoms with E-state index in [1.165, 1.54) is 11.0 Å². The van der Waals surface area contributed by atoms with Crippen molar-refractivity contribution in [3.8, 4) is 0 Å². The predicted octanol–water partition coefficient (Wildman–Crippen LogP) is 5.62. The molecule has 0 aliphatic rings. The molecule has 0 unspecified atom stereocenters. The monoisotopic (exact) mass is 427 g/mol. The summed E-state index contributed by atoms with van der Waals surface area (Å²) in [5.74, 6) is 0.284. The van der Waals surface area contributed by atoms with Crippen molar-refractivity contribution in [2.45, 2.75) is 72.0 Å². The number of hydrogen-bond acceptors (Lipinski definition) is 2. The van der Waals surface area contributed by atoms with Crippen LogP contribution in [0.3, 0.4) is 0 Å². The van der Waals surface area contributed by atoms with Gasteiger partial charge in [0.1, 0.15) is 11.3 Å². The number of benzene rings is 1. The number of rotatable bonds is 4. The van der Waals surface area contributed by atoms with Crippen molar-refractivity contribution in [1.29, 1.82) is 0 Å². The van der Waals surface area contributed by atoms with Gasteiger partial charge in [0.2, 0.25) is 0 Å². The molecule has 1 aromatic carbocycles. The first-order chi connectivity index (χ1) is 11.8. The summed E-state index contributed by atoms with van der Waals surface area (Å²) >= 11 is 3.34. The van der Waals surface area contributed by atoms with Crippen molar-refractivity contribution < 1.29 is 14.3 Å². The zero-order valence-corrected chi connectivity index (χ0v) is 18.0. The Morgan fingerprint density at radius 1 is 1.31 bits per heavy atom. The summed E-state index contributed by atoms with van der Waals surface area (Å²) < 4.78 is 17.0. The Hall–Kier alpha value is -1.63. The standard InChI is InChI=1S/C19H27BrFN3O2/c1-11(2)23-14-9-12(20)8-13(21)16(14)22-15(23)10-19(6,7)24(17(25)26)18(3,4)5/h8-9,11H,10H2,1-7H3,(H,25,26). The molecule has 1 amide bonds. The van der Waals surface area contributed by atoms with Gasteiger partial charge in [-0.15, -0.1) is 0 Å². The van der Waals surface area contributed by atoms with Crippen molar-refractivity contribution in [2.24, 2.45) is 0 Å². The van der Waals surface area contributed by atoms with Crippen molar-refractivity contribution in [2.75, 3.05) is 0 Å². The van der Waals surface area contributed by atoms with Gasteiger partial charge < -0.3 is 9.67 Å². The van der Waals surface area contributed by atoms with Crippen molar-refractivity contribution in [3.63, 3.8) is 0 Å². The van der Waals surface area contributed by atoms with E-state index in [-0.39, 0.29) is 6.04 Å². The molecule has 0 aliphatic heterocycles. The lowest BCUT2D eigenvalue weighted by Gasteiger charge is -2.45. The molecule has 0 saturated carbocycles. The van der Waals surface area contributed by atoms with Crippen LogP contribution in [0.5, 0.6) is 0 Å². The van der Waals surface area contributed by atoms with Gasteiger partial charge in [-0.1, -0.05) is 15.9 Å². The van der Waals surface area contributed by atoms with Gasteiger partial charge in [-0.2, -0.15) is 0 Å². The molecule has 1 aromatic heterocycles. The molecule has 144 valence electrons. The third kappa shape index (κ3) is 3.87. The number of carboxylic acid groups (broad SMARTS) is 1. The molecule has 0 bridgehead atoms. The Bertz CT molecular complexity index is 837. The molecule has 5 nitrogen and oxygen atoms in total. The number of nitrogens with zero attached hydrogens (tertiary/aromatic N) is 3. The van der Waals surface area contributed by atoms with Crippen LogP contribution in [0.1, 0.15) is 60.3 Å². The lowest BCUT2D eigenvalue weighted by molar-refractivity contribution is 0.0321. The highest BCUT2D eigenvalue weighted by Gasteiger charge is 2.40. The van der Waals surface area contributed by atoms with E-state index in [1.807, 2.05) is 59.1 Å². The molecule has 0 saturated heterocycles. The molecule has 0 radical (unpaired) electrons. The van der Waals surface area contributed by atoms with Crippen LogP contribution < -0.4 is 0 Å². The minimum Gasteiger partial charge on any atom is -0.465 e. The van der Waals surface area contributed by atoms with E-state index in [0.717, 1.165) is 0 Å². The van der Waals surface area contributed by atoms with E-state index in [1.54, 1.807) is 0 Å². The molecule has 7 heteroatoms. The smallest absolute Gasteiger partial charge is 0.408 e. The summed E-state index contributed by atoms with van der Waals surface area (Å²) in [7, 11) is 0. The molecule has 0 atom stereocenters. The van der Waals surface area contributed by atoms with Crippen molar-refractivity contribution >= 4 is 33.1 Å². The quantitative estimate of drug-likeness (QED) is 0.688. The lowest BCUT2D eigenvalue weighted by atomic mass is 9.91. The van der Waals surface area contributed by atoms with Crippen LogP contribution in [-0.4, -0.2) is 36.7 Å². The van der Waals surface area contributed by atoms with E-state index in [9.17, 15) is 14.3 Å². The number of imidazole rings is 1. The number of amides is 1. The van der Waals surface area contributed by atoms with E-state index in [2.05, 4.69) is 20.9 Å². The molecule has 1 N–H and O–H groups in total. The second kappa shape index (κ2) is 6.83. The Balaban J connectivity index is 2.61. The average molecular weight is 428 g/mol. The lowest BCUT2D eigenvalue weighted by Crippen LogP contribution is -2.57. The van der Waals surface area contributed by atoms with Crippen LogP contribution in [0, 0.1) is 5.82 Å². The normalized spacial score (nSPS) is 12.8. The van der Waals surface area contributed by atoms with Gasteiger partial charge in [-0.05, 0) is 60.6 Å². The van der Waals surface area contributed by atoms with Gasteiger partial charge in [0, 0.05) is 28.0 Å². The number of hydrogen-bond donors (Lipinski definition) is 1. The largest absolute Gasteiger partial charge is 0.465 e. The first kappa shape index (κ1) is 20.7. The fourth-order valence-corrected chi connectivity index (χ4v) is 4.21. The highest BCUT2D eigenvalue weighted by atomic mass is 79.9. The molecular formula is C19H27BrFN3O2. The molecule has 1 heterocycles. The summed E-state index contributed by atoms with van der Waals surface area (Å²) in [5.41, 5.74) is -0.273. The first-order valence-electron chi connectivity index (χ1n) is 8.65. The van der Waals surface area contributed by atoms with Gasteiger partial charge in [-0.25, -0.2) is 14.2 Å². The molecule has 0 fully saturated rings. The first-order valence-corrected chi connectivity index (χ1v) is 9.44. The third-order valence-electron chi connectivity index (χ3n) is 4.36. The number of halogens is 2. The molecular weight excluding hydrogens is 401 g/mol. The summed E-state index contributed by atoms with van der Waals surface area (Å²) in [6, 6.07) is 3.31. The van der Waals surface area contributed by atoms with Crippen LogP contribution in [-0.2, 0) is 6.42 Å². The minimum absolute atomic E-state index is 0.0624. The SMILES string of the molecule is CC(C)n1c(CC(C)(C)N(C(=O)O)C(C)(C)C)nc2c(F)cc(Br)cc21. The van der Waals surface area contributed by atoms with Crippen LogP contribution in [0.2, 0.25) is 0 Å². The maximum atomic E-state index is 14.4. The average Bonchev–Trinajstić information content (AvgIpc) is 2.72. The number of carbonyl (C=O) groups is 1. The van der Waals surface area contributed by atoms with E-state index in [4.69, 9.17) is 0 Å². The summed E-state index contributed by atoms with van der Waals surface area (Å²) in [4.78, 5) is 17.9. The zero-order chi connectivity index (χ0) is 20.0. The van der Waals surface area contributed by atoms with Gasteiger partial charge in [0.15, 0.2) is 5.82 Å². The zero-order valence-electron chi connectivity index (χ0n) is 16.4. The predicted molar refractivity (Wildman–Crippen MR) is 105 cm³/mol. The van der Waals surface area contributed by atoms with Gasteiger partial charge >= 0.3 is 6.09 Å². The van der Waals surface area contributed by atoms with E-state index < -0.39 is 23.0 Å². The van der Waals surface area contributed by atoms with Gasteiger partial charge in [-0.3, -0.25) is 4.90 Å². The Morgan fingerprint density at radius 3 is 2.35 bits per heavy atom. The fourth-order valence-electron chi connectivity index (χ4n) is 3.79.